The minimum Gasteiger partial charge on any atom is -0.486 e. The summed E-state index contributed by atoms with van der Waals surface area (Å²) in [7, 11) is -1.92. The zero-order chi connectivity index (χ0) is 21.2. The molecule has 0 radical (unpaired) electrons. The highest BCUT2D eigenvalue weighted by atomic mass is 79.9. The highest BCUT2D eigenvalue weighted by Crippen LogP contribution is 2.38. The number of primary sulfonamides is 1. The number of amides is 1. The van der Waals surface area contributed by atoms with E-state index in [-0.39, 0.29) is 23.4 Å². The van der Waals surface area contributed by atoms with Crippen molar-refractivity contribution in [2.45, 2.75) is 17.9 Å². The Labute approximate surface area is 178 Å². The molecule has 0 aliphatic carbocycles. The van der Waals surface area contributed by atoms with Crippen LogP contribution in [-0.2, 0) is 14.8 Å². The Morgan fingerprint density at radius 1 is 1.21 bits per heavy atom. The fraction of sp³-hybridized carbons (Fsp3) is 0.316. The molecule has 8 nitrogen and oxygen atoms in total. The molecule has 0 spiro atoms. The number of nitrogens with zero attached hydrogens (tertiary/aromatic N) is 1. The van der Waals surface area contributed by atoms with Crippen LogP contribution in [0.1, 0.15) is 18.5 Å². The number of sulfonamides is 1. The van der Waals surface area contributed by atoms with Crippen LogP contribution < -0.4 is 19.9 Å². The summed E-state index contributed by atoms with van der Waals surface area (Å²) in [4.78, 5) is 14.4. The maximum atomic E-state index is 12.5. The van der Waals surface area contributed by atoms with E-state index in [1.807, 2.05) is 18.9 Å². The zero-order valence-electron chi connectivity index (χ0n) is 16.0. The van der Waals surface area contributed by atoms with E-state index in [1.165, 1.54) is 12.1 Å². The first kappa shape index (κ1) is 21.6. The second-order valence-electron chi connectivity index (χ2n) is 6.73. The lowest BCUT2D eigenvalue weighted by molar-refractivity contribution is -0.117. The van der Waals surface area contributed by atoms with Crippen LogP contribution in [0.5, 0.6) is 11.5 Å². The molecule has 156 valence electrons. The van der Waals surface area contributed by atoms with Gasteiger partial charge >= 0.3 is 0 Å². The van der Waals surface area contributed by atoms with Crippen LogP contribution in [0.4, 0.5) is 5.69 Å². The van der Waals surface area contributed by atoms with Crippen LogP contribution in [0.25, 0.3) is 0 Å². The van der Waals surface area contributed by atoms with Crippen LogP contribution in [-0.4, -0.2) is 46.0 Å². The van der Waals surface area contributed by atoms with E-state index in [0.717, 1.165) is 5.56 Å². The first-order chi connectivity index (χ1) is 13.6. The third kappa shape index (κ3) is 5.27. The molecule has 1 amide bonds. The summed E-state index contributed by atoms with van der Waals surface area (Å²) in [6.45, 7) is 3.02. The summed E-state index contributed by atoms with van der Waals surface area (Å²) in [5.74, 6) is 1.03. The average molecular weight is 484 g/mol. The summed E-state index contributed by atoms with van der Waals surface area (Å²) in [6.07, 6.45) is 0. The van der Waals surface area contributed by atoms with E-state index >= 15 is 0 Å². The number of ether oxygens (including phenoxy) is 2. The number of carbonyl (C=O) groups is 1. The molecule has 0 bridgehead atoms. The van der Waals surface area contributed by atoms with Gasteiger partial charge in [-0.2, -0.15) is 0 Å². The Hall–Kier alpha value is -2.14. The lowest BCUT2D eigenvalue weighted by Crippen LogP contribution is -2.32. The third-order valence-electron chi connectivity index (χ3n) is 4.65. The van der Waals surface area contributed by atoms with Crippen molar-refractivity contribution in [3.63, 3.8) is 0 Å². The predicted octanol–water partition coefficient (Wildman–Crippen LogP) is 2.50. The van der Waals surface area contributed by atoms with E-state index < -0.39 is 10.0 Å². The molecule has 1 unspecified atom stereocenters. The number of likely N-dealkylation sites (N-methyl/N-ethyl adjacent to an activating group) is 1. The van der Waals surface area contributed by atoms with Crippen LogP contribution >= 0.6 is 15.9 Å². The summed E-state index contributed by atoms with van der Waals surface area (Å²) < 4.78 is 34.5. The van der Waals surface area contributed by atoms with Crippen LogP contribution in [0, 0.1) is 0 Å². The molecule has 3 rings (SSSR count). The Morgan fingerprint density at radius 3 is 2.38 bits per heavy atom. The van der Waals surface area contributed by atoms with Gasteiger partial charge in [0.2, 0.25) is 15.9 Å². The SMILES string of the molecule is CC(c1ccc(S(N)(=O)=O)cc1)N(C)CC(=O)Nc1cc2c(cc1Br)OCCO2. The van der Waals surface area contributed by atoms with E-state index in [9.17, 15) is 13.2 Å². The fourth-order valence-corrected chi connectivity index (χ4v) is 3.84. The van der Waals surface area contributed by atoms with Gasteiger partial charge in [0.15, 0.2) is 11.5 Å². The maximum absolute atomic E-state index is 12.5. The van der Waals surface area contributed by atoms with E-state index in [4.69, 9.17) is 14.6 Å². The Bertz CT molecular complexity index is 1010. The van der Waals surface area contributed by atoms with Crippen molar-refractivity contribution >= 4 is 37.5 Å². The first-order valence-corrected chi connectivity index (χ1v) is 11.2. The van der Waals surface area contributed by atoms with Crippen LogP contribution in [0.3, 0.4) is 0 Å². The van der Waals surface area contributed by atoms with Gasteiger partial charge in [-0.1, -0.05) is 12.1 Å². The van der Waals surface area contributed by atoms with Crippen LogP contribution in [0.2, 0.25) is 0 Å². The van der Waals surface area contributed by atoms with E-state index in [2.05, 4.69) is 21.2 Å². The quantitative estimate of drug-likeness (QED) is 0.652. The summed E-state index contributed by atoms with van der Waals surface area (Å²) in [5, 5.41) is 7.99. The van der Waals surface area contributed by atoms with Crippen molar-refractivity contribution in [2.24, 2.45) is 5.14 Å². The number of fused-ring (bicyclic) bond motifs is 1. The highest BCUT2D eigenvalue weighted by Gasteiger charge is 2.19. The monoisotopic (exact) mass is 483 g/mol. The fourth-order valence-electron chi connectivity index (χ4n) is 2.90. The lowest BCUT2D eigenvalue weighted by Gasteiger charge is -2.25. The molecule has 2 aromatic carbocycles. The minimum atomic E-state index is -3.73. The van der Waals surface area contributed by atoms with Gasteiger partial charge < -0.3 is 14.8 Å². The number of hydrogen-bond donors (Lipinski definition) is 2. The van der Waals surface area contributed by atoms with Crippen molar-refractivity contribution in [1.82, 2.24) is 4.90 Å². The van der Waals surface area contributed by atoms with E-state index in [0.29, 0.717) is 34.9 Å². The molecule has 2 aromatic rings. The molecule has 10 heteroatoms. The molecule has 3 N–H and O–H groups in total. The Kier molecular flexibility index (Phi) is 6.47. The van der Waals surface area contributed by atoms with Crippen LogP contribution in [0.15, 0.2) is 45.8 Å². The molecule has 0 fully saturated rings. The number of hydrogen-bond acceptors (Lipinski definition) is 6. The van der Waals surface area contributed by atoms with Gasteiger partial charge in [-0.15, -0.1) is 0 Å². The van der Waals surface area contributed by atoms with Gasteiger partial charge in [-0.3, -0.25) is 9.69 Å². The van der Waals surface area contributed by atoms with Gasteiger partial charge in [0.1, 0.15) is 13.2 Å². The molecule has 1 atom stereocenters. The number of carbonyl (C=O) groups excluding carboxylic acids is 1. The van der Waals surface area contributed by atoms with Crippen molar-refractivity contribution in [3.05, 3.63) is 46.4 Å². The lowest BCUT2D eigenvalue weighted by atomic mass is 10.1. The number of nitrogens with one attached hydrogen (secondary N) is 1. The van der Waals surface area contributed by atoms with Crippen molar-refractivity contribution in [1.29, 1.82) is 0 Å². The smallest absolute Gasteiger partial charge is 0.238 e. The van der Waals surface area contributed by atoms with Gasteiger partial charge in [-0.05, 0) is 47.6 Å². The minimum absolute atomic E-state index is 0.0531. The molecule has 0 saturated heterocycles. The Balaban J connectivity index is 1.64. The zero-order valence-corrected chi connectivity index (χ0v) is 18.4. The highest BCUT2D eigenvalue weighted by molar-refractivity contribution is 9.10. The normalized spacial score (nSPS) is 14.5. The number of anilines is 1. The molecule has 0 aromatic heterocycles. The van der Waals surface area contributed by atoms with Gasteiger partial charge in [0, 0.05) is 22.6 Å². The molecule has 1 aliphatic heterocycles. The number of benzene rings is 2. The average Bonchev–Trinajstić information content (AvgIpc) is 2.67. The molecular weight excluding hydrogens is 462 g/mol. The molecular formula is C19H22BrN3O5S. The standard InChI is InChI=1S/C19H22BrN3O5S/c1-12(13-3-5-14(6-4-13)29(21,25)26)23(2)11-19(24)22-16-10-18-17(9-15(16)20)27-7-8-28-18/h3-6,9-10,12H,7-8,11H2,1-2H3,(H,22,24)(H2,21,25,26). The third-order valence-corrected chi connectivity index (χ3v) is 6.24. The van der Waals surface area contributed by atoms with Crippen molar-refractivity contribution < 1.29 is 22.7 Å². The molecule has 1 aliphatic rings. The van der Waals surface area contributed by atoms with Gasteiger partial charge in [0.25, 0.3) is 0 Å². The summed E-state index contributed by atoms with van der Waals surface area (Å²) in [5.41, 5.74) is 1.46. The van der Waals surface area contributed by atoms with Crippen molar-refractivity contribution in [3.8, 4) is 11.5 Å². The second-order valence-corrected chi connectivity index (χ2v) is 9.14. The number of halogens is 1. The van der Waals surface area contributed by atoms with Gasteiger partial charge in [-0.25, -0.2) is 13.6 Å². The topological polar surface area (TPSA) is 111 Å². The number of nitrogens with two attached hydrogens (primary N) is 1. The van der Waals surface area contributed by atoms with Crippen molar-refractivity contribution in [2.75, 3.05) is 32.1 Å². The summed E-state index contributed by atoms with van der Waals surface area (Å²) in [6, 6.07) is 9.68. The molecule has 0 saturated carbocycles. The molecule has 29 heavy (non-hydrogen) atoms. The number of rotatable bonds is 6. The molecule has 1 heterocycles. The first-order valence-electron chi connectivity index (χ1n) is 8.87. The predicted molar refractivity (Wildman–Crippen MR) is 113 cm³/mol. The maximum Gasteiger partial charge on any atom is 0.238 e. The Morgan fingerprint density at radius 2 is 1.79 bits per heavy atom. The van der Waals surface area contributed by atoms with Gasteiger partial charge in [0.05, 0.1) is 17.1 Å². The largest absolute Gasteiger partial charge is 0.486 e. The van der Waals surface area contributed by atoms with E-state index in [1.54, 1.807) is 24.3 Å². The second kappa shape index (κ2) is 8.70. The summed E-state index contributed by atoms with van der Waals surface area (Å²) >= 11 is 3.44.